The molecule has 1 aliphatic heterocycles. The summed E-state index contributed by atoms with van der Waals surface area (Å²) in [4.78, 5) is 12.1. The molecular formula is C20H25ClN2O2. The molecule has 25 heavy (non-hydrogen) atoms. The van der Waals surface area contributed by atoms with Crippen LogP contribution < -0.4 is 15.4 Å². The van der Waals surface area contributed by atoms with E-state index in [-0.39, 0.29) is 24.2 Å². The summed E-state index contributed by atoms with van der Waals surface area (Å²) in [5.41, 5.74) is 2.20. The van der Waals surface area contributed by atoms with Crippen LogP contribution in [0.1, 0.15) is 12.8 Å². The molecular weight excluding hydrogens is 336 g/mol. The fourth-order valence-electron chi connectivity index (χ4n) is 3.01. The Hall–Kier alpha value is -2.04. The van der Waals surface area contributed by atoms with Crippen LogP contribution in [0.4, 0.5) is 0 Å². The lowest BCUT2D eigenvalue weighted by Gasteiger charge is -2.21. The average molecular weight is 361 g/mol. The lowest BCUT2D eigenvalue weighted by molar-refractivity contribution is -0.125. The summed E-state index contributed by atoms with van der Waals surface area (Å²) < 4.78 is 5.90. The summed E-state index contributed by atoms with van der Waals surface area (Å²) in [6.07, 6.45) is 1.84. The summed E-state index contributed by atoms with van der Waals surface area (Å²) >= 11 is 0. The molecule has 1 aliphatic rings. The smallest absolute Gasteiger partial charge is 0.223 e. The fraction of sp³-hybridized carbons (Fsp3) is 0.350. The number of para-hydroxylation sites is 1. The van der Waals surface area contributed by atoms with Crippen molar-refractivity contribution < 1.29 is 9.53 Å². The first-order valence-electron chi connectivity index (χ1n) is 8.60. The molecule has 134 valence electrons. The molecule has 3 rings (SSSR count). The van der Waals surface area contributed by atoms with E-state index in [1.165, 1.54) is 0 Å². The van der Waals surface area contributed by atoms with Gasteiger partial charge in [0.2, 0.25) is 5.91 Å². The predicted molar refractivity (Wildman–Crippen MR) is 103 cm³/mol. The van der Waals surface area contributed by atoms with Gasteiger partial charge in [0.15, 0.2) is 0 Å². The molecule has 1 fully saturated rings. The standard InChI is InChI=1S/C20H24N2O2.ClH/c23-20(17-10-12-21-13-11-17)22-14-15-24-19-9-5-4-8-18(19)16-6-2-1-3-7-16;/h1-9,17,21H,10-15H2,(H,22,23);1H. The highest BCUT2D eigenvalue weighted by Crippen LogP contribution is 2.29. The molecule has 0 aromatic heterocycles. The maximum Gasteiger partial charge on any atom is 0.223 e. The number of amides is 1. The number of carbonyl (C=O) groups is 1. The molecule has 0 bridgehead atoms. The van der Waals surface area contributed by atoms with Crippen LogP contribution in [0.25, 0.3) is 11.1 Å². The van der Waals surface area contributed by atoms with Gasteiger partial charge in [-0.1, -0.05) is 48.5 Å². The molecule has 0 radical (unpaired) electrons. The van der Waals surface area contributed by atoms with Crippen LogP contribution >= 0.6 is 12.4 Å². The van der Waals surface area contributed by atoms with Crippen molar-refractivity contribution in [1.82, 2.24) is 10.6 Å². The molecule has 1 saturated heterocycles. The van der Waals surface area contributed by atoms with E-state index in [4.69, 9.17) is 4.74 Å². The lowest BCUT2D eigenvalue weighted by Crippen LogP contribution is -2.39. The van der Waals surface area contributed by atoms with Crippen molar-refractivity contribution in [3.8, 4) is 16.9 Å². The van der Waals surface area contributed by atoms with Gasteiger partial charge in [-0.15, -0.1) is 12.4 Å². The number of ether oxygens (including phenoxy) is 1. The van der Waals surface area contributed by atoms with E-state index in [0.29, 0.717) is 13.2 Å². The monoisotopic (exact) mass is 360 g/mol. The van der Waals surface area contributed by atoms with Crippen molar-refractivity contribution in [2.45, 2.75) is 12.8 Å². The van der Waals surface area contributed by atoms with Crippen LogP contribution in [-0.2, 0) is 4.79 Å². The topological polar surface area (TPSA) is 50.4 Å². The normalized spacial score (nSPS) is 14.4. The number of hydrogen-bond donors (Lipinski definition) is 2. The molecule has 2 aromatic rings. The van der Waals surface area contributed by atoms with Gasteiger partial charge in [0.05, 0.1) is 6.54 Å². The number of rotatable bonds is 6. The van der Waals surface area contributed by atoms with Crippen LogP contribution in [0.2, 0.25) is 0 Å². The maximum atomic E-state index is 12.1. The van der Waals surface area contributed by atoms with Crippen LogP contribution in [0, 0.1) is 5.92 Å². The Morgan fingerprint density at radius 2 is 1.72 bits per heavy atom. The minimum atomic E-state index is 0. The molecule has 0 aliphatic carbocycles. The Balaban J connectivity index is 0.00000225. The first kappa shape index (κ1) is 19.3. The molecule has 1 amide bonds. The van der Waals surface area contributed by atoms with Gasteiger partial charge in [-0.3, -0.25) is 4.79 Å². The van der Waals surface area contributed by atoms with E-state index in [1.54, 1.807) is 0 Å². The maximum absolute atomic E-state index is 12.1. The van der Waals surface area contributed by atoms with Crippen molar-refractivity contribution >= 4 is 18.3 Å². The molecule has 5 heteroatoms. The Morgan fingerprint density at radius 3 is 2.48 bits per heavy atom. The number of carbonyl (C=O) groups excluding carboxylic acids is 1. The van der Waals surface area contributed by atoms with E-state index in [0.717, 1.165) is 42.8 Å². The molecule has 0 spiro atoms. The summed E-state index contributed by atoms with van der Waals surface area (Å²) in [7, 11) is 0. The van der Waals surface area contributed by atoms with Crippen LogP contribution in [0.3, 0.4) is 0 Å². The van der Waals surface area contributed by atoms with E-state index in [9.17, 15) is 4.79 Å². The highest BCUT2D eigenvalue weighted by molar-refractivity contribution is 5.85. The van der Waals surface area contributed by atoms with Crippen molar-refractivity contribution in [3.05, 3.63) is 54.6 Å². The lowest BCUT2D eigenvalue weighted by atomic mass is 9.97. The molecule has 0 atom stereocenters. The second-order valence-electron chi connectivity index (χ2n) is 6.03. The molecule has 0 unspecified atom stereocenters. The van der Waals surface area contributed by atoms with Crippen LogP contribution in [-0.4, -0.2) is 32.1 Å². The number of hydrogen-bond acceptors (Lipinski definition) is 3. The summed E-state index contributed by atoms with van der Waals surface area (Å²) in [6, 6.07) is 18.2. The summed E-state index contributed by atoms with van der Waals surface area (Å²) in [5.74, 6) is 1.14. The Kier molecular flexibility index (Phi) is 7.76. The number of piperidine rings is 1. The SMILES string of the molecule is Cl.O=C(NCCOc1ccccc1-c1ccccc1)C1CCNCC1. The third-order valence-corrected chi connectivity index (χ3v) is 4.34. The minimum absolute atomic E-state index is 0. The third kappa shape index (κ3) is 5.48. The zero-order valence-corrected chi connectivity index (χ0v) is 15.1. The first-order chi connectivity index (χ1) is 11.8. The van der Waals surface area contributed by atoms with Crippen molar-refractivity contribution in [2.24, 2.45) is 5.92 Å². The second kappa shape index (κ2) is 10.1. The van der Waals surface area contributed by atoms with Crippen molar-refractivity contribution in [3.63, 3.8) is 0 Å². The molecule has 4 nitrogen and oxygen atoms in total. The molecule has 2 N–H and O–H groups in total. The van der Waals surface area contributed by atoms with Gasteiger partial charge < -0.3 is 15.4 Å². The van der Waals surface area contributed by atoms with E-state index >= 15 is 0 Å². The van der Waals surface area contributed by atoms with Gasteiger partial charge in [0, 0.05) is 11.5 Å². The van der Waals surface area contributed by atoms with Gasteiger partial charge in [-0.25, -0.2) is 0 Å². The average Bonchev–Trinajstić information content (AvgIpc) is 2.67. The number of benzene rings is 2. The van der Waals surface area contributed by atoms with Gasteiger partial charge >= 0.3 is 0 Å². The highest BCUT2D eigenvalue weighted by Gasteiger charge is 2.20. The Labute approximate surface area is 155 Å². The zero-order chi connectivity index (χ0) is 16.6. The predicted octanol–water partition coefficient (Wildman–Crippen LogP) is 3.27. The zero-order valence-electron chi connectivity index (χ0n) is 14.2. The van der Waals surface area contributed by atoms with Crippen LogP contribution in [0.15, 0.2) is 54.6 Å². The Morgan fingerprint density at radius 1 is 1.04 bits per heavy atom. The number of halogens is 1. The summed E-state index contributed by atoms with van der Waals surface area (Å²) in [6.45, 7) is 2.87. The summed E-state index contributed by atoms with van der Waals surface area (Å²) in [5, 5.41) is 6.27. The first-order valence-corrected chi connectivity index (χ1v) is 8.60. The van der Waals surface area contributed by atoms with E-state index in [1.807, 2.05) is 36.4 Å². The Bertz CT molecular complexity index is 658. The molecule has 0 saturated carbocycles. The third-order valence-electron chi connectivity index (χ3n) is 4.34. The molecule has 2 aromatic carbocycles. The number of nitrogens with one attached hydrogen (secondary N) is 2. The van der Waals surface area contributed by atoms with Crippen molar-refractivity contribution in [1.29, 1.82) is 0 Å². The van der Waals surface area contributed by atoms with Crippen LogP contribution in [0.5, 0.6) is 5.75 Å². The highest BCUT2D eigenvalue weighted by atomic mass is 35.5. The van der Waals surface area contributed by atoms with Gasteiger partial charge in [0.1, 0.15) is 12.4 Å². The quantitative estimate of drug-likeness (QED) is 0.777. The van der Waals surface area contributed by atoms with E-state index in [2.05, 4.69) is 28.8 Å². The van der Waals surface area contributed by atoms with Gasteiger partial charge in [-0.05, 0) is 37.6 Å². The minimum Gasteiger partial charge on any atom is -0.491 e. The van der Waals surface area contributed by atoms with Gasteiger partial charge in [0.25, 0.3) is 0 Å². The fourth-order valence-corrected chi connectivity index (χ4v) is 3.01. The second-order valence-corrected chi connectivity index (χ2v) is 6.03. The van der Waals surface area contributed by atoms with Gasteiger partial charge in [-0.2, -0.15) is 0 Å². The van der Waals surface area contributed by atoms with E-state index < -0.39 is 0 Å². The molecule has 1 heterocycles. The largest absolute Gasteiger partial charge is 0.491 e. The van der Waals surface area contributed by atoms with Crippen molar-refractivity contribution in [2.75, 3.05) is 26.2 Å².